The third-order valence-electron chi connectivity index (χ3n) is 2.88. The molecule has 0 amide bonds. The van der Waals surface area contributed by atoms with Crippen molar-refractivity contribution in [2.75, 3.05) is 11.9 Å². The first-order chi connectivity index (χ1) is 7.77. The van der Waals surface area contributed by atoms with Gasteiger partial charge < -0.3 is 9.90 Å². The summed E-state index contributed by atoms with van der Waals surface area (Å²) in [6, 6.07) is 7.78. The lowest BCUT2D eigenvalue weighted by Gasteiger charge is -2.02. The number of carbonyl (C=O) groups excluding carboxylic acids is 1. The Balaban J connectivity index is 2.28. The summed E-state index contributed by atoms with van der Waals surface area (Å²) in [5.74, 6) is -0.219. The number of aliphatic carboxylic acids is 1. The highest BCUT2D eigenvalue weighted by Crippen LogP contribution is 2.19. The van der Waals surface area contributed by atoms with E-state index in [9.17, 15) is 9.90 Å². The number of hydrogen-bond acceptors (Lipinski definition) is 3. The summed E-state index contributed by atoms with van der Waals surface area (Å²) >= 11 is 0. The molecule has 0 atom stereocenters. The number of nitrogens with zero attached hydrogens (tertiary/aromatic N) is 2. The van der Waals surface area contributed by atoms with Crippen LogP contribution in [0.25, 0.3) is 11.0 Å². The van der Waals surface area contributed by atoms with E-state index in [0.29, 0.717) is 0 Å². The van der Waals surface area contributed by atoms with E-state index in [1.165, 1.54) is 0 Å². The van der Waals surface area contributed by atoms with Gasteiger partial charge in [0.25, 0.3) is 0 Å². The van der Waals surface area contributed by atoms with E-state index in [4.69, 9.17) is 0 Å². The number of rotatable bonds is 2. The zero-order valence-electron chi connectivity index (χ0n) is 8.64. The Morgan fingerprint density at radius 2 is 2.31 bits per heavy atom. The quantitative estimate of drug-likeness (QED) is 0.663. The van der Waals surface area contributed by atoms with Gasteiger partial charge in [-0.05, 0) is 12.1 Å². The minimum absolute atomic E-state index is 0.115. The molecule has 1 aliphatic heterocycles. The molecule has 2 heterocycles. The number of carbonyl (C=O) groups is 1. The van der Waals surface area contributed by atoms with Crippen molar-refractivity contribution in [1.82, 2.24) is 4.57 Å². The van der Waals surface area contributed by atoms with Crippen LogP contribution in [0.1, 0.15) is 0 Å². The van der Waals surface area contributed by atoms with E-state index in [0.717, 1.165) is 30.1 Å². The highest BCUT2D eigenvalue weighted by molar-refractivity contribution is 5.77. The second kappa shape index (κ2) is 3.23. The van der Waals surface area contributed by atoms with E-state index in [2.05, 4.69) is 9.88 Å². The van der Waals surface area contributed by atoms with Crippen molar-refractivity contribution in [3.8, 4) is 0 Å². The van der Waals surface area contributed by atoms with Gasteiger partial charge in [0.1, 0.15) is 24.1 Å². The molecule has 5 heteroatoms. The highest BCUT2D eigenvalue weighted by Gasteiger charge is 2.27. The third-order valence-corrected chi connectivity index (χ3v) is 2.88. The van der Waals surface area contributed by atoms with E-state index < -0.39 is 5.97 Å². The van der Waals surface area contributed by atoms with Crippen molar-refractivity contribution >= 4 is 23.0 Å². The van der Waals surface area contributed by atoms with Gasteiger partial charge >= 0.3 is 5.95 Å². The molecule has 0 unspecified atom stereocenters. The molecule has 1 aromatic carbocycles. The van der Waals surface area contributed by atoms with Crippen molar-refractivity contribution in [2.24, 2.45) is 0 Å². The van der Waals surface area contributed by atoms with Crippen LogP contribution in [-0.4, -0.2) is 17.1 Å². The summed E-state index contributed by atoms with van der Waals surface area (Å²) in [6.45, 7) is 1.60. The normalized spacial score (nSPS) is 13.8. The average Bonchev–Trinajstić information content (AvgIpc) is 2.82. The molecule has 1 N–H and O–H groups in total. The van der Waals surface area contributed by atoms with E-state index >= 15 is 0 Å². The van der Waals surface area contributed by atoms with Gasteiger partial charge in [-0.1, -0.05) is 12.1 Å². The van der Waals surface area contributed by atoms with Crippen molar-refractivity contribution in [3.63, 3.8) is 0 Å². The Labute approximate surface area is 91.9 Å². The second-order valence-corrected chi connectivity index (χ2v) is 3.85. The largest absolute Gasteiger partial charge is 0.547 e. The van der Waals surface area contributed by atoms with Crippen LogP contribution in [0.15, 0.2) is 24.3 Å². The molecule has 16 heavy (non-hydrogen) atoms. The van der Waals surface area contributed by atoms with Gasteiger partial charge in [0.05, 0.1) is 12.5 Å². The fourth-order valence-corrected chi connectivity index (χ4v) is 2.28. The molecule has 3 rings (SSSR count). The van der Waals surface area contributed by atoms with Gasteiger partial charge in [0.15, 0.2) is 0 Å². The van der Waals surface area contributed by atoms with Crippen LogP contribution >= 0.6 is 0 Å². The topological polar surface area (TPSA) is 61.0 Å². The molecular formula is C11H11N3O2. The molecular weight excluding hydrogens is 206 g/mol. The minimum Gasteiger partial charge on any atom is -0.547 e. The number of imidazole rings is 1. The molecule has 5 nitrogen and oxygen atoms in total. The lowest BCUT2D eigenvalue weighted by molar-refractivity contribution is -0.644. The Kier molecular flexibility index (Phi) is 1.86. The van der Waals surface area contributed by atoms with Crippen LogP contribution in [0.4, 0.5) is 5.95 Å². The van der Waals surface area contributed by atoms with Crippen molar-refractivity contribution in [2.45, 2.75) is 13.1 Å². The molecule has 0 saturated carbocycles. The molecule has 0 radical (unpaired) electrons. The van der Waals surface area contributed by atoms with Crippen molar-refractivity contribution in [1.29, 1.82) is 0 Å². The fourth-order valence-electron chi connectivity index (χ4n) is 2.28. The zero-order valence-corrected chi connectivity index (χ0v) is 8.64. The summed E-state index contributed by atoms with van der Waals surface area (Å²) in [6.07, 6.45) is 0. The third kappa shape index (κ3) is 1.18. The van der Waals surface area contributed by atoms with Gasteiger partial charge in [-0.25, -0.2) is 9.13 Å². The van der Waals surface area contributed by atoms with Crippen LogP contribution in [0, 0.1) is 0 Å². The predicted octanol–water partition coefficient (Wildman–Crippen LogP) is -0.896. The maximum absolute atomic E-state index is 10.7. The molecule has 2 aromatic rings. The number of para-hydroxylation sites is 2. The Hall–Kier alpha value is -2.04. The smallest absolute Gasteiger partial charge is 0.358 e. The number of nitrogens with one attached hydrogen (secondary N) is 1. The predicted molar refractivity (Wildman–Crippen MR) is 55.6 cm³/mol. The van der Waals surface area contributed by atoms with Gasteiger partial charge in [-0.2, -0.15) is 0 Å². The summed E-state index contributed by atoms with van der Waals surface area (Å²) < 4.78 is 3.84. The first kappa shape index (κ1) is 9.21. The van der Waals surface area contributed by atoms with Crippen LogP contribution in [-0.2, 0) is 17.9 Å². The van der Waals surface area contributed by atoms with E-state index in [1.807, 2.05) is 24.3 Å². The second-order valence-electron chi connectivity index (χ2n) is 3.85. The molecule has 0 fully saturated rings. The number of carboxylic acids is 1. The molecule has 0 spiro atoms. The number of anilines is 1. The lowest BCUT2D eigenvalue weighted by Crippen LogP contribution is -2.31. The highest BCUT2D eigenvalue weighted by atomic mass is 16.4. The Morgan fingerprint density at radius 1 is 1.50 bits per heavy atom. The SMILES string of the molecule is O=C([O-])Cn1c2[n+](c3ccccc31)CCN2. The first-order valence-electron chi connectivity index (χ1n) is 5.22. The number of aromatic nitrogens is 2. The Bertz CT molecular complexity index is 574. The number of carboxylic acid groups (broad SMARTS) is 1. The van der Waals surface area contributed by atoms with Crippen molar-refractivity contribution in [3.05, 3.63) is 24.3 Å². The first-order valence-corrected chi connectivity index (χ1v) is 5.22. The summed E-state index contributed by atoms with van der Waals surface area (Å²) in [4.78, 5) is 10.7. The standard InChI is InChI=1S/C11H11N3O2/c15-10(16)7-14-9-4-2-1-3-8(9)13-6-5-12-11(13)14/h1-4H,5-7H2,(H,15,16). The summed E-state index contributed by atoms with van der Waals surface area (Å²) in [7, 11) is 0. The molecule has 1 aromatic heterocycles. The van der Waals surface area contributed by atoms with Crippen molar-refractivity contribution < 1.29 is 14.5 Å². The minimum atomic E-state index is -1.07. The maximum Gasteiger partial charge on any atom is 0.358 e. The lowest BCUT2D eigenvalue weighted by atomic mass is 10.3. The molecule has 1 aliphatic rings. The zero-order chi connectivity index (χ0) is 11.1. The van der Waals surface area contributed by atoms with E-state index in [-0.39, 0.29) is 6.54 Å². The molecule has 82 valence electrons. The fraction of sp³-hybridized carbons (Fsp3) is 0.273. The van der Waals surface area contributed by atoms with Crippen LogP contribution in [0.5, 0.6) is 0 Å². The van der Waals surface area contributed by atoms with Gasteiger partial charge in [0, 0.05) is 0 Å². The average molecular weight is 217 g/mol. The van der Waals surface area contributed by atoms with E-state index in [1.54, 1.807) is 4.57 Å². The van der Waals surface area contributed by atoms with Crippen LogP contribution in [0.3, 0.4) is 0 Å². The Morgan fingerprint density at radius 3 is 3.12 bits per heavy atom. The monoisotopic (exact) mass is 217 g/mol. The number of fused-ring (bicyclic) bond motifs is 3. The van der Waals surface area contributed by atoms with Gasteiger partial charge in [0.2, 0.25) is 0 Å². The molecule has 0 aliphatic carbocycles. The van der Waals surface area contributed by atoms with Gasteiger partial charge in [-0.15, -0.1) is 0 Å². The van der Waals surface area contributed by atoms with Crippen LogP contribution < -0.4 is 15.0 Å². The van der Waals surface area contributed by atoms with Crippen LogP contribution in [0.2, 0.25) is 0 Å². The summed E-state index contributed by atoms with van der Waals surface area (Å²) in [5, 5.41) is 13.9. The number of benzene rings is 1. The number of hydrogen-bond donors (Lipinski definition) is 1. The molecule has 0 bridgehead atoms. The molecule has 0 saturated heterocycles. The summed E-state index contributed by atoms with van der Waals surface area (Å²) in [5.41, 5.74) is 1.98. The maximum atomic E-state index is 10.7. The van der Waals surface area contributed by atoms with Gasteiger partial charge in [-0.3, -0.25) is 5.32 Å².